The zero-order valence-corrected chi connectivity index (χ0v) is 15.4. The van der Waals surface area contributed by atoms with Crippen molar-refractivity contribution in [2.75, 3.05) is 0 Å². The van der Waals surface area contributed by atoms with Crippen LogP contribution < -0.4 is 0 Å². The molecule has 0 aliphatic heterocycles. The Labute approximate surface area is 166 Å². The lowest BCUT2D eigenvalue weighted by Crippen LogP contribution is -2.03. The zero-order valence-electron chi connectivity index (χ0n) is 15.4. The molecule has 0 aromatic heterocycles. The van der Waals surface area contributed by atoms with Gasteiger partial charge < -0.3 is 15.3 Å². The fourth-order valence-corrected chi connectivity index (χ4v) is 3.81. The molecular weight excluding hydrogens is 368 g/mol. The van der Waals surface area contributed by atoms with Gasteiger partial charge >= 0.3 is 11.9 Å². The van der Waals surface area contributed by atoms with Crippen LogP contribution in [-0.4, -0.2) is 27.3 Å². The maximum absolute atomic E-state index is 11.6. The lowest BCUT2D eigenvalue weighted by Gasteiger charge is -2.13. The van der Waals surface area contributed by atoms with Crippen molar-refractivity contribution < 1.29 is 24.9 Å². The number of fused-ring (bicyclic) bond motifs is 2. The highest BCUT2D eigenvalue weighted by Gasteiger charge is 2.18. The number of phenols is 1. The Hall–Kier alpha value is -3.86. The van der Waals surface area contributed by atoms with Crippen molar-refractivity contribution in [3.63, 3.8) is 0 Å². The van der Waals surface area contributed by atoms with E-state index in [1.807, 2.05) is 48.5 Å². The van der Waals surface area contributed by atoms with E-state index >= 15 is 0 Å². The average molecular weight is 386 g/mol. The van der Waals surface area contributed by atoms with Crippen LogP contribution in [0, 0.1) is 0 Å². The van der Waals surface area contributed by atoms with Crippen LogP contribution in [0.3, 0.4) is 0 Å². The van der Waals surface area contributed by atoms with Crippen molar-refractivity contribution in [3.8, 4) is 5.75 Å². The lowest BCUT2D eigenvalue weighted by atomic mass is 9.92. The predicted octanol–water partition coefficient (Wildman–Crippen LogP) is 4.88. The summed E-state index contributed by atoms with van der Waals surface area (Å²) in [5.74, 6) is -2.43. The number of benzene rings is 4. The summed E-state index contributed by atoms with van der Waals surface area (Å²) in [5, 5.41) is 32.8. The van der Waals surface area contributed by atoms with Crippen molar-refractivity contribution in [1.82, 2.24) is 0 Å². The summed E-state index contributed by atoms with van der Waals surface area (Å²) in [6.07, 6.45) is 0.836. The molecule has 4 rings (SSSR count). The van der Waals surface area contributed by atoms with E-state index in [0.29, 0.717) is 18.4 Å². The number of carbonyl (C=O) groups is 2. The topological polar surface area (TPSA) is 94.8 Å². The molecule has 0 radical (unpaired) electrons. The van der Waals surface area contributed by atoms with Crippen molar-refractivity contribution in [2.45, 2.75) is 12.8 Å². The summed E-state index contributed by atoms with van der Waals surface area (Å²) in [6.45, 7) is 0. The molecule has 0 saturated carbocycles. The van der Waals surface area contributed by atoms with Crippen molar-refractivity contribution in [3.05, 3.63) is 89.0 Å². The summed E-state index contributed by atoms with van der Waals surface area (Å²) >= 11 is 0. The third-order valence-electron chi connectivity index (χ3n) is 5.20. The van der Waals surface area contributed by atoms with Gasteiger partial charge in [-0.05, 0) is 58.1 Å². The molecule has 144 valence electrons. The molecular formula is C24H18O5. The van der Waals surface area contributed by atoms with Crippen molar-refractivity contribution in [1.29, 1.82) is 0 Å². The minimum atomic E-state index is -1.19. The molecule has 0 aliphatic carbocycles. The van der Waals surface area contributed by atoms with Gasteiger partial charge in [0.1, 0.15) is 11.3 Å². The van der Waals surface area contributed by atoms with E-state index in [-0.39, 0.29) is 16.9 Å². The highest BCUT2D eigenvalue weighted by Crippen LogP contribution is 2.33. The van der Waals surface area contributed by atoms with Gasteiger partial charge in [-0.3, -0.25) is 0 Å². The number of hydrogen-bond donors (Lipinski definition) is 3. The molecule has 4 aromatic carbocycles. The zero-order chi connectivity index (χ0) is 20.5. The smallest absolute Gasteiger partial charge is 0.339 e. The van der Waals surface area contributed by atoms with Gasteiger partial charge in [0.25, 0.3) is 0 Å². The molecule has 5 heteroatoms. The average Bonchev–Trinajstić information content (AvgIpc) is 2.72. The van der Waals surface area contributed by atoms with Crippen LogP contribution in [0.5, 0.6) is 5.75 Å². The predicted molar refractivity (Wildman–Crippen MR) is 111 cm³/mol. The van der Waals surface area contributed by atoms with E-state index < -0.39 is 11.9 Å². The number of carboxylic acid groups (broad SMARTS) is 2. The van der Waals surface area contributed by atoms with Gasteiger partial charge in [-0.25, -0.2) is 9.59 Å². The van der Waals surface area contributed by atoms with E-state index in [9.17, 15) is 24.9 Å². The van der Waals surface area contributed by atoms with E-state index in [1.54, 1.807) is 12.1 Å². The highest BCUT2D eigenvalue weighted by atomic mass is 16.4. The maximum atomic E-state index is 11.6. The summed E-state index contributed by atoms with van der Waals surface area (Å²) in [4.78, 5) is 23.1. The summed E-state index contributed by atoms with van der Waals surface area (Å²) in [6, 6.07) is 19.6. The summed E-state index contributed by atoms with van der Waals surface area (Å²) < 4.78 is 0. The van der Waals surface area contributed by atoms with Crippen molar-refractivity contribution >= 4 is 33.5 Å². The number of aryl methyl sites for hydroxylation is 2. The SMILES string of the molecule is O=C(O)c1cc(CCc2c(O)c(C(=O)O)cc3ccccc23)c2ccccc2c1. The molecule has 4 aromatic rings. The number of hydrogen-bond acceptors (Lipinski definition) is 3. The van der Waals surface area contributed by atoms with Gasteiger partial charge in [0.2, 0.25) is 0 Å². The standard InChI is InChI=1S/C24H18O5/c25-22-20(19-8-4-2-6-15(19)13-21(22)24(28)29)10-9-16-12-17(23(26)27)11-14-5-1-3-7-18(14)16/h1-8,11-13,25H,9-10H2,(H,26,27)(H,28,29). The summed E-state index contributed by atoms with van der Waals surface area (Å²) in [7, 11) is 0. The lowest BCUT2D eigenvalue weighted by molar-refractivity contribution is 0.0684. The summed E-state index contributed by atoms with van der Waals surface area (Å²) in [5.41, 5.74) is 1.45. The van der Waals surface area contributed by atoms with Crippen LogP contribution >= 0.6 is 0 Å². The first-order valence-electron chi connectivity index (χ1n) is 9.17. The van der Waals surface area contributed by atoms with Gasteiger partial charge in [-0.15, -0.1) is 0 Å². The molecule has 0 unspecified atom stereocenters. The second-order valence-corrected chi connectivity index (χ2v) is 6.94. The van der Waals surface area contributed by atoms with Crippen LogP contribution in [0.4, 0.5) is 0 Å². The van der Waals surface area contributed by atoms with E-state index in [1.165, 1.54) is 6.07 Å². The fraction of sp³-hybridized carbons (Fsp3) is 0.0833. The van der Waals surface area contributed by atoms with Gasteiger partial charge in [0, 0.05) is 5.56 Å². The Balaban J connectivity index is 1.82. The van der Waals surface area contributed by atoms with E-state index in [0.717, 1.165) is 27.1 Å². The van der Waals surface area contributed by atoms with Gasteiger partial charge in [-0.1, -0.05) is 48.5 Å². The van der Waals surface area contributed by atoms with Crippen LogP contribution in [0.1, 0.15) is 31.8 Å². The van der Waals surface area contributed by atoms with Crippen molar-refractivity contribution in [2.24, 2.45) is 0 Å². The first-order chi connectivity index (χ1) is 14.0. The molecule has 0 aliphatic rings. The third-order valence-corrected chi connectivity index (χ3v) is 5.20. The van der Waals surface area contributed by atoms with E-state index in [4.69, 9.17) is 0 Å². The number of aromatic carboxylic acids is 2. The Kier molecular flexibility index (Phi) is 4.64. The number of aromatic hydroxyl groups is 1. The first kappa shape index (κ1) is 18.5. The monoisotopic (exact) mass is 386 g/mol. The second kappa shape index (κ2) is 7.28. The second-order valence-electron chi connectivity index (χ2n) is 6.94. The quantitative estimate of drug-likeness (QED) is 0.454. The van der Waals surface area contributed by atoms with E-state index in [2.05, 4.69) is 0 Å². The maximum Gasteiger partial charge on any atom is 0.339 e. The fourth-order valence-electron chi connectivity index (χ4n) is 3.81. The highest BCUT2D eigenvalue weighted by molar-refractivity contribution is 6.00. The molecule has 0 bridgehead atoms. The van der Waals surface area contributed by atoms with Gasteiger partial charge in [-0.2, -0.15) is 0 Å². The molecule has 5 nitrogen and oxygen atoms in total. The molecule has 0 atom stereocenters. The first-order valence-corrected chi connectivity index (χ1v) is 9.17. The molecule has 3 N–H and O–H groups in total. The molecule has 0 fully saturated rings. The van der Waals surface area contributed by atoms with Crippen LogP contribution in [0.25, 0.3) is 21.5 Å². The Morgan fingerprint density at radius 3 is 2.00 bits per heavy atom. The minimum Gasteiger partial charge on any atom is -0.507 e. The van der Waals surface area contributed by atoms with Gasteiger partial charge in [0.05, 0.1) is 5.56 Å². The van der Waals surface area contributed by atoms with Crippen LogP contribution in [0.2, 0.25) is 0 Å². The normalized spacial score (nSPS) is 11.0. The van der Waals surface area contributed by atoms with Crippen LogP contribution in [0.15, 0.2) is 66.7 Å². The van der Waals surface area contributed by atoms with Crippen LogP contribution in [-0.2, 0) is 12.8 Å². The number of rotatable bonds is 5. The molecule has 0 saturated heterocycles. The molecule has 0 heterocycles. The number of carboxylic acids is 2. The Morgan fingerprint density at radius 2 is 1.34 bits per heavy atom. The largest absolute Gasteiger partial charge is 0.507 e. The molecule has 29 heavy (non-hydrogen) atoms. The van der Waals surface area contributed by atoms with Gasteiger partial charge in [0.15, 0.2) is 0 Å². The molecule has 0 amide bonds. The minimum absolute atomic E-state index is 0.136. The Bertz CT molecular complexity index is 1270. The Morgan fingerprint density at radius 1 is 0.724 bits per heavy atom. The third kappa shape index (κ3) is 3.38. The molecule has 0 spiro atoms.